The number of nitrogens with zero attached hydrogens (tertiary/aromatic N) is 3. The van der Waals surface area contributed by atoms with Gasteiger partial charge in [-0.2, -0.15) is 5.10 Å². The van der Waals surface area contributed by atoms with Crippen LogP contribution in [-0.4, -0.2) is 20.7 Å². The molecule has 0 fully saturated rings. The summed E-state index contributed by atoms with van der Waals surface area (Å²) in [6.45, 7) is 9.27. The Morgan fingerprint density at radius 3 is 2.46 bits per heavy atom. The molecule has 1 amide bonds. The minimum absolute atomic E-state index is 0.162. The predicted octanol–water partition coefficient (Wildman–Crippen LogP) is 4.27. The molecule has 0 aliphatic carbocycles. The molecule has 2 aromatic heterocycles. The second-order valence-electron chi connectivity index (χ2n) is 7.22. The van der Waals surface area contributed by atoms with Crippen LogP contribution in [0.15, 0.2) is 55.0 Å². The fourth-order valence-electron chi connectivity index (χ4n) is 3.17. The van der Waals surface area contributed by atoms with Crippen LogP contribution in [0.25, 0.3) is 0 Å². The van der Waals surface area contributed by atoms with Crippen LogP contribution >= 0.6 is 0 Å². The number of carbonyl (C=O) groups is 1. The highest BCUT2D eigenvalue weighted by Gasteiger charge is 2.14. The fraction of sp³-hybridized carbons (Fsp3) is 0.318. The molecule has 3 aromatic rings. The monoisotopic (exact) mass is 377 g/mol. The normalized spacial score (nSPS) is 12.2. The summed E-state index contributed by atoms with van der Waals surface area (Å²) in [7, 11) is 0. The van der Waals surface area contributed by atoms with E-state index in [0.717, 1.165) is 17.8 Å². The minimum atomic E-state index is -0.162. The molecule has 6 nitrogen and oxygen atoms in total. The highest BCUT2D eigenvalue weighted by atomic mass is 16.1. The number of anilines is 1. The summed E-state index contributed by atoms with van der Waals surface area (Å²) < 4.78 is 2.05. The van der Waals surface area contributed by atoms with Crippen LogP contribution in [0.2, 0.25) is 0 Å². The van der Waals surface area contributed by atoms with E-state index in [4.69, 9.17) is 0 Å². The summed E-state index contributed by atoms with van der Waals surface area (Å²) >= 11 is 0. The second-order valence-corrected chi connectivity index (χ2v) is 7.22. The maximum atomic E-state index is 12.2. The van der Waals surface area contributed by atoms with Gasteiger partial charge in [-0.1, -0.05) is 12.1 Å². The molecule has 146 valence electrons. The maximum absolute atomic E-state index is 12.2. The smallest absolute Gasteiger partial charge is 0.257 e. The third kappa shape index (κ3) is 4.64. The van der Waals surface area contributed by atoms with Crippen LogP contribution in [0.3, 0.4) is 0 Å². The Bertz CT molecular complexity index is 916. The van der Waals surface area contributed by atoms with E-state index in [2.05, 4.69) is 48.4 Å². The Hall–Kier alpha value is -2.99. The molecule has 1 atom stereocenters. The van der Waals surface area contributed by atoms with Crippen LogP contribution in [-0.2, 0) is 6.54 Å². The van der Waals surface area contributed by atoms with E-state index in [1.807, 2.05) is 35.1 Å². The first kappa shape index (κ1) is 19.8. The number of nitrogens with one attached hydrogen (secondary N) is 2. The molecule has 0 bridgehead atoms. The molecular weight excluding hydrogens is 350 g/mol. The molecule has 3 rings (SSSR count). The van der Waals surface area contributed by atoms with Gasteiger partial charge in [-0.15, -0.1) is 0 Å². The molecule has 0 saturated carbocycles. The number of amides is 1. The Labute approximate surface area is 166 Å². The zero-order valence-corrected chi connectivity index (χ0v) is 16.8. The third-order valence-corrected chi connectivity index (χ3v) is 4.79. The molecule has 1 aromatic carbocycles. The molecule has 0 saturated heterocycles. The molecule has 28 heavy (non-hydrogen) atoms. The first-order valence-electron chi connectivity index (χ1n) is 9.53. The van der Waals surface area contributed by atoms with E-state index in [-0.39, 0.29) is 11.9 Å². The Morgan fingerprint density at radius 1 is 1.11 bits per heavy atom. The van der Waals surface area contributed by atoms with Gasteiger partial charge in [0.2, 0.25) is 0 Å². The number of aromatic nitrogens is 3. The number of pyridine rings is 1. The highest BCUT2D eigenvalue weighted by molar-refractivity contribution is 6.03. The van der Waals surface area contributed by atoms with Crippen molar-refractivity contribution in [1.82, 2.24) is 20.1 Å². The lowest BCUT2D eigenvalue weighted by Crippen LogP contribution is -2.19. The lowest BCUT2D eigenvalue weighted by molar-refractivity contribution is 0.102. The van der Waals surface area contributed by atoms with Crippen molar-refractivity contribution >= 4 is 11.6 Å². The lowest BCUT2D eigenvalue weighted by Gasteiger charge is -2.15. The third-order valence-electron chi connectivity index (χ3n) is 4.79. The Morgan fingerprint density at radius 2 is 1.86 bits per heavy atom. The molecule has 1 unspecified atom stereocenters. The number of rotatable bonds is 7. The van der Waals surface area contributed by atoms with Crippen molar-refractivity contribution in [3.8, 4) is 0 Å². The largest absolute Gasteiger partial charge is 0.322 e. The highest BCUT2D eigenvalue weighted by Crippen LogP contribution is 2.20. The van der Waals surface area contributed by atoms with Gasteiger partial charge < -0.3 is 10.6 Å². The van der Waals surface area contributed by atoms with E-state index < -0.39 is 0 Å². The van der Waals surface area contributed by atoms with Crippen molar-refractivity contribution in [2.24, 2.45) is 0 Å². The van der Waals surface area contributed by atoms with Gasteiger partial charge in [0.25, 0.3) is 5.91 Å². The summed E-state index contributed by atoms with van der Waals surface area (Å²) in [5, 5.41) is 10.9. The van der Waals surface area contributed by atoms with Gasteiger partial charge in [-0.05, 0) is 57.5 Å². The predicted molar refractivity (Wildman–Crippen MR) is 111 cm³/mol. The molecule has 0 aliphatic heterocycles. The summed E-state index contributed by atoms with van der Waals surface area (Å²) in [5.74, 6) is -0.162. The zero-order valence-electron chi connectivity index (χ0n) is 16.8. The van der Waals surface area contributed by atoms with E-state index in [1.54, 1.807) is 24.5 Å². The number of hydrogen-bond donors (Lipinski definition) is 2. The Kier molecular flexibility index (Phi) is 6.21. The fourth-order valence-corrected chi connectivity index (χ4v) is 3.17. The number of carbonyl (C=O) groups excluding carboxylic acids is 1. The summed E-state index contributed by atoms with van der Waals surface area (Å²) in [6, 6.07) is 11.9. The van der Waals surface area contributed by atoms with Crippen LogP contribution in [0, 0.1) is 6.92 Å². The summed E-state index contributed by atoms with van der Waals surface area (Å²) in [6.07, 6.45) is 5.15. The summed E-state index contributed by atoms with van der Waals surface area (Å²) in [5.41, 5.74) is 4.87. The van der Waals surface area contributed by atoms with Gasteiger partial charge in [0, 0.05) is 48.0 Å². The number of hydrogen-bond acceptors (Lipinski definition) is 4. The van der Waals surface area contributed by atoms with E-state index in [9.17, 15) is 4.79 Å². The van der Waals surface area contributed by atoms with Crippen molar-refractivity contribution in [1.29, 1.82) is 0 Å². The average Bonchev–Trinajstić information content (AvgIpc) is 3.09. The van der Waals surface area contributed by atoms with E-state index >= 15 is 0 Å². The quantitative estimate of drug-likeness (QED) is 0.645. The van der Waals surface area contributed by atoms with Crippen LogP contribution in [0.4, 0.5) is 5.69 Å². The maximum Gasteiger partial charge on any atom is 0.257 e. The van der Waals surface area contributed by atoms with Crippen LogP contribution in [0.5, 0.6) is 0 Å². The molecule has 0 aliphatic rings. The molecule has 6 heteroatoms. The van der Waals surface area contributed by atoms with Crippen molar-refractivity contribution in [2.75, 3.05) is 5.32 Å². The minimum Gasteiger partial charge on any atom is -0.322 e. The van der Waals surface area contributed by atoms with Gasteiger partial charge in [0.1, 0.15) is 0 Å². The van der Waals surface area contributed by atoms with Crippen LogP contribution < -0.4 is 10.6 Å². The topological polar surface area (TPSA) is 71.8 Å². The van der Waals surface area contributed by atoms with Gasteiger partial charge in [-0.3, -0.25) is 14.5 Å². The van der Waals surface area contributed by atoms with Gasteiger partial charge >= 0.3 is 0 Å². The molecular formula is C22H27N5O. The standard InChI is InChI=1S/C22H27N5O/c1-15(2)27-17(4)21(14-25-27)16(3)24-12-18-7-9-20(10-8-18)26-22(28)19-6-5-11-23-13-19/h5-11,13-16,24H,12H2,1-4H3,(H,26,28). The first-order chi connectivity index (χ1) is 13.5. The number of benzene rings is 1. The van der Waals surface area contributed by atoms with Crippen molar-refractivity contribution in [3.05, 3.63) is 77.4 Å². The Balaban J connectivity index is 1.56. The SMILES string of the molecule is Cc1c(C(C)NCc2ccc(NC(=O)c3cccnc3)cc2)cnn1C(C)C. The second kappa shape index (κ2) is 8.80. The van der Waals surface area contributed by atoms with Gasteiger partial charge in [0.15, 0.2) is 0 Å². The molecule has 0 radical (unpaired) electrons. The average molecular weight is 377 g/mol. The van der Waals surface area contributed by atoms with Crippen LogP contribution in [0.1, 0.15) is 60.0 Å². The molecule has 0 spiro atoms. The van der Waals surface area contributed by atoms with Crippen molar-refractivity contribution in [2.45, 2.75) is 46.3 Å². The lowest BCUT2D eigenvalue weighted by atomic mass is 10.1. The van der Waals surface area contributed by atoms with Crippen molar-refractivity contribution in [3.63, 3.8) is 0 Å². The summed E-state index contributed by atoms with van der Waals surface area (Å²) in [4.78, 5) is 16.2. The van der Waals surface area contributed by atoms with E-state index in [1.165, 1.54) is 11.3 Å². The molecule has 2 heterocycles. The van der Waals surface area contributed by atoms with Gasteiger partial charge in [-0.25, -0.2) is 0 Å². The van der Waals surface area contributed by atoms with Crippen molar-refractivity contribution < 1.29 is 4.79 Å². The zero-order chi connectivity index (χ0) is 20.1. The van der Waals surface area contributed by atoms with E-state index in [0.29, 0.717) is 11.6 Å². The first-order valence-corrected chi connectivity index (χ1v) is 9.53. The molecule has 2 N–H and O–H groups in total. The van der Waals surface area contributed by atoms with Gasteiger partial charge in [0.05, 0.1) is 11.8 Å².